The number of carbonyl (C=O) groups excluding carboxylic acids is 1. The first-order valence-electron chi connectivity index (χ1n) is 6.80. The van der Waals surface area contributed by atoms with E-state index in [1.807, 2.05) is 0 Å². The predicted molar refractivity (Wildman–Crippen MR) is 80.6 cm³/mol. The molecule has 6 heteroatoms. The van der Waals surface area contributed by atoms with Crippen LogP contribution in [0.15, 0.2) is 18.2 Å². The van der Waals surface area contributed by atoms with E-state index in [1.54, 1.807) is 32.9 Å². The lowest BCUT2D eigenvalue weighted by Gasteiger charge is -2.23. The Morgan fingerprint density at radius 1 is 1.43 bits per heavy atom. The molecule has 0 spiro atoms. The third-order valence-electron chi connectivity index (χ3n) is 2.74. The van der Waals surface area contributed by atoms with E-state index >= 15 is 0 Å². The summed E-state index contributed by atoms with van der Waals surface area (Å²) in [7, 11) is 1.52. The van der Waals surface area contributed by atoms with Crippen LogP contribution in [-0.4, -0.2) is 36.5 Å². The maximum absolute atomic E-state index is 11.8. The van der Waals surface area contributed by atoms with Gasteiger partial charge in [0, 0.05) is 18.7 Å². The first-order valence-corrected chi connectivity index (χ1v) is 6.80. The molecule has 1 atom stereocenters. The van der Waals surface area contributed by atoms with Gasteiger partial charge in [-0.25, -0.2) is 4.79 Å². The normalized spacial score (nSPS) is 12.6. The highest BCUT2D eigenvalue weighted by Gasteiger charge is 2.20. The lowest BCUT2D eigenvalue weighted by molar-refractivity contribution is 0.0505. The molecule has 0 aliphatic heterocycles. The van der Waals surface area contributed by atoms with Gasteiger partial charge in [0.2, 0.25) is 0 Å². The number of hydrogen-bond acceptors (Lipinski definition) is 5. The van der Waals surface area contributed by atoms with E-state index in [1.165, 1.54) is 13.2 Å². The number of rotatable bonds is 5. The SMILES string of the molecule is COc1cc(O)ccc1CC(CN)NC(=O)OC(C)(C)C. The Morgan fingerprint density at radius 2 is 2.10 bits per heavy atom. The molecular formula is C15H24N2O4. The molecule has 6 nitrogen and oxygen atoms in total. The van der Waals surface area contributed by atoms with Gasteiger partial charge in [-0.3, -0.25) is 0 Å². The Labute approximate surface area is 125 Å². The number of ether oxygens (including phenoxy) is 2. The summed E-state index contributed by atoms with van der Waals surface area (Å²) >= 11 is 0. The van der Waals surface area contributed by atoms with Crippen molar-refractivity contribution in [1.82, 2.24) is 5.32 Å². The van der Waals surface area contributed by atoms with Crippen LogP contribution in [0.2, 0.25) is 0 Å². The molecule has 1 rings (SSSR count). The number of methoxy groups -OCH3 is 1. The van der Waals surface area contributed by atoms with Gasteiger partial charge in [-0.15, -0.1) is 0 Å². The lowest BCUT2D eigenvalue weighted by Crippen LogP contribution is -2.44. The molecule has 0 fully saturated rings. The van der Waals surface area contributed by atoms with Crippen LogP contribution in [0.5, 0.6) is 11.5 Å². The third kappa shape index (κ3) is 5.91. The first-order chi connectivity index (χ1) is 9.75. The summed E-state index contributed by atoms with van der Waals surface area (Å²) < 4.78 is 10.4. The number of alkyl carbamates (subject to hydrolysis) is 1. The quantitative estimate of drug-likeness (QED) is 0.770. The van der Waals surface area contributed by atoms with Crippen molar-refractivity contribution in [2.75, 3.05) is 13.7 Å². The summed E-state index contributed by atoms with van der Waals surface area (Å²) in [6.07, 6.45) is -0.0187. The maximum Gasteiger partial charge on any atom is 0.407 e. The van der Waals surface area contributed by atoms with Gasteiger partial charge in [-0.05, 0) is 38.8 Å². The zero-order valence-electron chi connectivity index (χ0n) is 13.0. The van der Waals surface area contributed by atoms with Crippen molar-refractivity contribution in [2.45, 2.75) is 38.8 Å². The zero-order chi connectivity index (χ0) is 16.0. The third-order valence-corrected chi connectivity index (χ3v) is 2.74. The van der Waals surface area contributed by atoms with Gasteiger partial charge >= 0.3 is 6.09 Å². The monoisotopic (exact) mass is 296 g/mol. The number of nitrogens with one attached hydrogen (secondary N) is 1. The summed E-state index contributed by atoms with van der Waals surface area (Å²) in [6.45, 7) is 5.66. The number of hydrogen-bond donors (Lipinski definition) is 3. The molecule has 1 unspecified atom stereocenters. The summed E-state index contributed by atoms with van der Waals surface area (Å²) in [4.78, 5) is 11.8. The number of phenols is 1. The second kappa shape index (κ2) is 7.17. The molecule has 1 aromatic rings. The molecule has 0 saturated heterocycles. The fraction of sp³-hybridized carbons (Fsp3) is 0.533. The molecule has 0 aliphatic rings. The van der Waals surface area contributed by atoms with Crippen LogP contribution in [0.3, 0.4) is 0 Å². The minimum atomic E-state index is -0.556. The van der Waals surface area contributed by atoms with Gasteiger partial charge in [0.25, 0.3) is 0 Å². The Hall–Kier alpha value is -1.95. The number of aromatic hydroxyl groups is 1. The van der Waals surface area contributed by atoms with E-state index in [2.05, 4.69) is 5.32 Å². The second-order valence-corrected chi connectivity index (χ2v) is 5.78. The summed E-state index contributed by atoms with van der Waals surface area (Å²) in [5.41, 5.74) is 5.99. The van der Waals surface area contributed by atoms with Gasteiger partial charge in [0.05, 0.1) is 7.11 Å². The highest BCUT2D eigenvalue weighted by Crippen LogP contribution is 2.24. The molecule has 21 heavy (non-hydrogen) atoms. The van der Waals surface area contributed by atoms with Crippen molar-refractivity contribution in [3.63, 3.8) is 0 Å². The topological polar surface area (TPSA) is 93.8 Å². The smallest absolute Gasteiger partial charge is 0.407 e. The number of amides is 1. The van der Waals surface area contributed by atoms with Crippen molar-refractivity contribution in [3.05, 3.63) is 23.8 Å². The van der Waals surface area contributed by atoms with Crippen LogP contribution in [0.1, 0.15) is 26.3 Å². The molecule has 118 valence electrons. The molecule has 0 radical (unpaired) electrons. The Bertz CT molecular complexity index is 483. The molecule has 0 saturated carbocycles. The molecule has 1 aromatic carbocycles. The number of benzene rings is 1. The highest BCUT2D eigenvalue weighted by atomic mass is 16.6. The average molecular weight is 296 g/mol. The highest BCUT2D eigenvalue weighted by molar-refractivity contribution is 5.68. The molecular weight excluding hydrogens is 272 g/mol. The predicted octanol–water partition coefficient (Wildman–Crippen LogP) is 1.80. The van der Waals surface area contributed by atoms with Crippen molar-refractivity contribution < 1.29 is 19.4 Å². The van der Waals surface area contributed by atoms with E-state index in [0.717, 1.165) is 5.56 Å². The van der Waals surface area contributed by atoms with Gasteiger partial charge in [0.1, 0.15) is 17.1 Å². The fourth-order valence-corrected chi connectivity index (χ4v) is 1.83. The fourth-order valence-electron chi connectivity index (χ4n) is 1.83. The van der Waals surface area contributed by atoms with Crippen LogP contribution in [0.25, 0.3) is 0 Å². The molecule has 0 aliphatic carbocycles. The van der Waals surface area contributed by atoms with Crippen molar-refractivity contribution >= 4 is 6.09 Å². The van der Waals surface area contributed by atoms with Crippen LogP contribution in [0, 0.1) is 0 Å². The van der Waals surface area contributed by atoms with Crippen LogP contribution in [0.4, 0.5) is 4.79 Å². The Morgan fingerprint density at radius 3 is 2.62 bits per heavy atom. The number of carbonyl (C=O) groups is 1. The summed E-state index contributed by atoms with van der Waals surface area (Å²) in [6, 6.07) is 4.56. The molecule has 0 bridgehead atoms. The van der Waals surface area contributed by atoms with Gasteiger partial charge in [-0.1, -0.05) is 6.07 Å². The zero-order valence-corrected chi connectivity index (χ0v) is 13.0. The lowest BCUT2D eigenvalue weighted by atomic mass is 10.0. The van der Waals surface area contributed by atoms with Gasteiger partial charge < -0.3 is 25.6 Å². The van der Waals surface area contributed by atoms with Crippen LogP contribution < -0.4 is 15.8 Å². The van der Waals surface area contributed by atoms with Gasteiger partial charge in [0.15, 0.2) is 0 Å². The summed E-state index contributed by atoms with van der Waals surface area (Å²) in [5, 5.41) is 12.2. The average Bonchev–Trinajstić information content (AvgIpc) is 2.37. The standard InChI is InChI=1S/C15H24N2O4/c1-15(2,3)21-14(19)17-11(9-16)7-10-5-6-12(18)8-13(10)20-4/h5-6,8,11,18H,7,9,16H2,1-4H3,(H,17,19). The molecule has 1 amide bonds. The van der Waals surface area contributed by atoms with Crippen LogP contribution >= 0.6 is 0 Å². The van der Waals surface area contributed by atoms with E-state index in [9.17, 15) is 9.90 Å². The van der Waals surface area contributed by atoms with Crippen molar-refractivity contribution in [2.24, 2.45) is 5.73 Å². The first kappa shape index (κ1) is 17.1. The van der Waals surface area contributed by atoms with Crippen molar-refractivity contribution in [3.8, 4) is 11.5 Å². The minimum Gasteiger partial charge on any atom is -0.508 e. The minimum absolute atomic E-state index is 0.125. The molecule has 4 N–H and O–H groups in total. The molecule has 0 aromatic heterocycles. The largest absolute Gasteiger partial charge is 0.508 e. The van der Waals surface area contributed by atoms with E-state index in [0.29, 0.717) is 12.2 Å². The van der Waals surface area contributed by atoms with Gasteiger partial charge in [-0.2, -0.15) is 0 Å². The van der Waals surface area contributed by atoms with E-state index < -0.39 is 11.7 Å². The second-order valence-electron chi connectivity index (χ2n) is 5.78. The van der Waals surface area contributed by atoms with Crippen LogP contribution in [-0.2, 0) is 11.2 Å². The molecule has 0 heterocycles. The summed E-state index contributed by atoms with van der Waals surface area (Å²) in [5.74, 6) is 0.680. The number of nitrogens with two attached hydrogens (primary N) is 1. The van der Waals surface area contributed by atoms with E-state index in [4.69, 9.17) is 15.2 Å². The van der Waals surface area contributed by atoms with E-state index in [-0.39, 0.29) is 18.3 Å². The number of phenolic OH excluding ortho intramolecular Hbond substituents is 1. The maximum atomic E-state index is 11.8. The Kier molecular flexibility index (Phi) is 5.84. The Balaban J connectivity index is 2.72. The van der Waals surface area contributed by atoms with Crippen molar-refractivity contribution in [1.29, 1.82) is 0 Å².